The summed E-state index contributed by atoms with van der Waals surface area (Å²) in [5.74, 6) is 4.60. The molecule has 4 aromatic rings. The van der Waals surface area contributed by atoms with E-state index in [-0.39, 0.29) is 52.1 Å². The fourth-order valence-electron chi connectivity index (χ4n) is 8.87. The highest BCUT2D eigenvalue weighted by Crippen LogP contribution is 2.34. The first kappa shape index (κ1) is 66.4. The van der Waals surface area contributed by atoms with Crippen molar-refractivity contribution in [1.82, 2.24) is 4.90 Å². The van der Waals surface area contributed by atoms with E-state index in [4.69, 9.17) is 23.7 Å². The SMILES string of the molecule is C.C.C.C.CC(C)(C)Oc1ccc(C2CCCCC2)cc1.CC(C)(C)Oc1ccc(N2CCCCC2)cc1.CC(C)(C)Oc1ccc(N2CCOCC2)cc1.CN1CCN(c2ccc(OC(C)(C)C)cc2)CC1. The second-order valence-electron chi connectivity index (χ2n) is 23.2. The van der Waals surface area contributed by atoms with Crippen LogP contribution in [0.2, 0.25) is 0 Å². The molecule has 0 unspecified atom stereocenters. The molecule has 0 N–H and O–H groups in total. The highest BCUT2D eigenvalue weighted by atomic mass is 16.5. The Labute approximate surface area is 449 Å². The van der Waals surface area contributed by atoms with Crippen molar-refractivity contribution in [2.24, 2.45) is 0 Å². The number of morpholine rings is 1. The lowest BCUT2D eigenvalue weighted by Crippen LogP contribution is -2.44. The van der Waals surface area contributed by atoms with Crippen molar-refractivity contribution in [3.8, 4) is 23.0 Å². The van der Waals surface area contributed by atoms with Gasteiger partial charge in [-0.15, -0.1) is 0 Å². The summed E-state index contributed by atoms with van der Waals surface area (Å²) in [6.07, 6.45) is 10.9. The van der Waals surface area contributed by atoms with Crippen molar-refractivity contribution in [3.05, 3.63) is 103 Å². The van der Waals surface area contributed by atoms with Gasteiger partial charge in [0.05, 0.1) is 13.2 Å². The fourth-order valence-corrected chi connectivity index (χ4v) is 8.87. The van der Waals surface area contributed by atoms with Gasteiger partial charge in [0.1, 0.15) is 45.4 Å². The van der Waals surface area contributed by atoms with Crippen LogP contribution in [-0.4, -0.2) is 99.9 Å². The summed E-state index contributed by atoms with van der Waals surface area (Å²) in [4.78, 5) is 9.60. The summed E-state index contributed by atoms with van der Waals surface area (Å²) in [5.41, 5.74) is 4.87. The lowest BCUT2D eigenvalue weighted by Gasteiger charge is -2.34. The van der Waals surface area contributed by atoms with E-state index in [1.807, 2.05) is 12.1 Å². The molecular formula is C64H108N4O5. The molecule has 9 heteroatoms. The molecule has 1 aliphatic carbocycles. The van der Waals surface area contributed by atoms with Gasteiger partial charge in [0, 0.05) is 69.4 Å². The van der Waals surface area contributed by atoms with Crippen LogP contribution < -0.4 is 33.6 Å². The minimum absolute atomic E-state index is 0. The molecule has 0 bridgehead atoms. The Morgan fingerprint density at radius 1 is 0.356 bits per heavy atom. The summed E-state index contributed by atoms with van der Waals surface area (Å²) < 4.78 is 28.6. The predicted molar refractivity (Wildman–Crippen MR) is 319 cm³/mol. The first-order valence-electron chi connectivity index (χ1n) is 26.2. The molecule has 0 atom stereocenters. The van der Waals surface area contributed by atoms with Gasteiger partial charge in [-0.05, 0) is 219 Å². The Bertz CT molecular complexity index is 1830. The first-order chi connectivity index (χ1) is 32.6. The Kier molecular flexibility index (Phi) is 28.5. The number of benzene rings is 4. The van der Waals surface area contributed by atoms with E-state index in [9.17, 15) is 0 Å². The number of anilines is 3. The van der Waals surface area contributed by atoms with Crippen LogP contribution in [-0.2, 0) is 4.74 Å². The smallest absolute Gasteiger partial charge is 0.120 e. The van der Waals surface area contributed by atoms with E-state index in [2.05, 4.69) is 195 Å². The zero-order valence-corrected chi connectivity index (χ0v) is 45.4. The fraction of sp³-hybridized carbons (Fsp3) is 0.625. The normalized spacial score (nSPS) is 16.5. The van der Waals surface area contributed by atoms with Gasteiger partial charge >= 0.3 is 0 Å². The largest absolute Gasteiger partial charge is 0.488 e. The third-order valence-corrected chi connectivity index (χ3v) is 12.1. The van der Waals surface area contributed by atoms with Gasteiger partial charge in [-0.3, -0.25) is 0 Å². The van der Waals surface area contributed by atoms with Gasteiger partial charge in [-0.25, -0.2) is 0 Å². The van der Waals surface area contributed by atoms with Gasteiger partial charge in [0.25, 0.3) is 0 Å². The molecule has 0 radical (unpaired) electrons. The van der Waals surface area contributed by atoms with Crippen molar-refractivity contribution in [2.45, 2.75) is 192 Å². The molecule has 0 aromatic heterocycles. The topological polar surface area (TPSA) is 59.1 Å². The molecule has 4 fully saturated rings. The number of rotatable bonds is 8. The van der Waals surface area contributed by atoms with Gasteiger partial charge in [-0.2, -0.15) is 0 Å². The second-order valence-corrected chi connectivity index (χ2v) is 23.2. The van der Waals surface area contributed by atoms with Gasteiger partial charge < -0.3 is 43.3 Å². The van der Waals surface area contributed by atoms with Crippen LogP contribution in [0.4, 0.5) is 17.1 Å². The number of piperazine rings is 1. The summed E-state index contributed by atoms with van der Waals surface area (Å²) >= 11 is 0. The summed E-state index contributed by atoms with van der Waals surface area (Å²) in [7, 11) is 2.18. The number of piperidine rings is 1. The zero-order chi connectivity index (χ0) is 50.1. The maximum absolute atomic E-state index is 5.84. The number of likely N-dealkylation sites (N-methyl/N-ethyl adjacent to an activating group) is 1. The highest BCUT2D eigenvalue weighted by Gasteiger charge is 2.19. The first-order valence-corrected chi connectivity index (χ1v) is 26.2. The molecular weight excluding hydrogens is 905 g/mol. The third kappa shape index (κ3) is 25.9. The molecule has 3 saturated heterocycles. The number of hydrogen-bond donors (Lipinski definition) is 0. The molecule has 3 heterocycles. The molecule has 8 rings (SSSR count). The minimum atomic E-state index is -0.138. The Morgan fingerprint density at radius 2 is 0.644 bits per heavy atom. The molecule has 1 saturated carbocycles. The van der Waals surface area contributed by atoms with Crippen LogP contribution in [0.5, 0.6) is 23.0 Å². The molecule has 414 valence electrons. The zero-order valence-electron chi connectivity index (χ0n) is 45.4. The molecule has 3 aliphatic heterocycles. The number of ether oxygens (including phenoxy) is 5. The van der Waals surface area contributed by atoms with Gasteiger partial charge in [0.15, 0.2) is 0 Å². The molecule has 0 spiro atoms. The Hall–Kier alpha value is -4.60. The molecule has 4 aromatic carbocycles. The quantitative estimate of drug-likeness (QED) is 0.172. The summed E-state index contributed by atoms with van der Waals surface area (Å²) in [6, 6.07) is 34.0. The van der Waals surface area contributed by atoms with Crippen LogP contribution >= 0.6 is 0 Å². The summed E-state index contributed by atoms with van der Waals surface area (Å²) in [5, 5.41) is 0. The summed E-state index contributed by atoms with van der Waals surface area (Å²) in [6.45, 7) is 35.3. The van der Waals surface area contributed by atoms with E-state index in [0.717, 1.165) is 81.4 Å². The van der Waals surface area contributed by atoms with E-state index < -0.39 is 0 Å². The van der Waals surface area contributed by atoms with E-state index in [0.29, 0.717) is 0 Å². The maximum atomic E-state index is 5.84. The van der Waals surface area contributed by atoms with Crippen molar-refractivity contribution in [3.63, 3.8) is 0 Å². The molecule has 73 heavy (non-hydrogen) atoms. The van der Waals surface area contributed by atoms with Gasteiger partial charge in [0.2, 0.25) is 0 Å². The van der Waals surface area contributed by atoms with E-state index in [1.54, 1.807) is 0 Å². The molecule has 4 aliphatic rings. The van der Waals surface area contributed by atoms with Crippen molar-refractivity contribution in [2.75, 3.05) is 87.3 Å². The van der Waals surface area contributed by atoms with Crippen LogP contribution in [0.25, 0.3) is 0 Å². The highest BCUT2D eigenvalue weighted by molar-refractivity contribution is 5.51. The van der Waals surface area contributed by atoms with E-state index >= 15 is 0 Å². The van der Waals surface area contributed by atoms with Crippen LogP contribution in [0, 0.1) is 0 Å². The lowest BCUT2D eigenvalue weighted by molar-refractivity contribution is 0.122. The Morgan fingerprint density at radius 3 is 0.973 bits per heavy atom. The average molecular weight is 1010 g/mol. The van der Waals surface area contributed by atoms with Crippen LogP contribution in [0.3, 0.4) is 0 Å². The van der Waals surface area contributed by atoms with Crippen molar-refractivity contribution < 1.29 is 23.7 Å². The number of nitrogens with zero attached hydrogens (tertiary/aromatic N) is 4. The monoisotopic (exact) mass is 1010 g/mol. The molecule has 0 amide bonds. The van der Waals surface area contributed by atoms with E-state index in [1.165, 1.54) is 87.1 Å². The maximum Gasteiger partial charge on any atom is 0.120 e. The lowest BCUT2D eigenvalue weighted by atomic mass is 9.84. The standard InChI is InChI=1S/C16H24O.C15H24N2O.C15H23NO.C14H21NO2.4CH4/c1-16(2,3)17-15-11-9-14(10-12-15)13-7-5-4-6-8-13;1-15(2,3)18-14-7-5-13(6-8-14)17-11-9-16(4)10-12-17;1-15(2,3)17-14-9-7-13(8-10-14)16-11-5-4-6-12-16;1-14(2,3)17-13-6-4-12(5-7-13)15-8-10-16-11-9-15;;;;/h9-13H,4-8H2,1-3H3;5-8H,9-12H2,1-4H3;7-10H,4-6,11-12H2,1-3H3;4-7H,8-11H2,1-3H3;4*1H4. The van der Waals surface area contributed by atoms with Crippen molar-refractivity contribution >= 4 is 17.1 Å². The number of hydrogen-bond acceptors (Lipinski definition) is 9. The van der Waals surface area contributed by atoms with Gasteiger partial charge in [-0.1, -0.05) is 61.1 Å². The Balaban J connectivity index is 0.000000478. The molecule has 9 nitrogen and oxygen atoms in total. The van der Waals surface area contributed by atoms with Crippen LogP contribution in [0.15, 0.2) is 97.1 Å². The predicted octanol–water partition coefficient (Wildman–Crippen LogP) is 16.6. The minimum Gasteiger partial charge on any atom is -0.488 e. The third-order valence-electron chi connectivity index (χ3n) is 12.1. The van der Waals surface area contributed by atoms with Crippen LogP contribution in [0.1, 0.15) is 176 Å². The van der Waals surface area contributed by atoms with Crippen molar-refractivity contribution in [1.29, 1.82) is 0 Å². The average Bonchev–Trinajstić information content (AvgIpc) is 3.30. The second kappa shape index (κ2) is 31.3.